The van der Waals surface area contributed by atoms with Crippen LogP contribution in [-0.2, 0) is 26.0 Å². The molecule has 162 valence electrons. The van der Waals surface area contributed by atoms with Crippen LogP contribution < -0.4 is 15.2 Å². The molecule has 2 heterocycles. The van der Waals surface area contributed by atoms with Gasteiger partial charge in [0.15, 0.2) is 0 Å². The average Bonchev–Trinajstić information content (AvgIpc) is 3.25. The highest BCUT2D eigenvalue weighted by molar-refractivity contribution is 7.89. The predicted octanol–water partition coefficient (Wildman–Crippen LogP) is 2.72. The molecule has 1 saturated heterocycles. The van der Waals surface area contributed by atoms with Crippen LogP contribution in [0.1, 0.15) is 29.7 Å². The van der Waals surface area contributed by atoms with E-state index >= 15 is 0 Å². The Kier molecular flexibility index (Phi) is 8.03. The van der Waals surface area contributed by atoms with Gasteiger partial charge in [0.05, 0.1) is 6.10 Å². The number of sulfonamides is 1. The third kappa shape index (κ3) is 6.94. The number of benzene rings is 1. The fourth-order valence-electron chi connectivity index (χ4n) is 3.10. The Morgan fingerprint density at radius 2 is 2.20 bits per heavy atom. The van der Waals surface area contributed by atoms with Gasteiger partial charge in [0.1, 0.15) is 17.3 Å². The van der Waals surface area contributed by atoms with E-state index in [2.05, 4.69) is 5.32 Å². The van der Waals surface area contributed by atoms with Crippen molar-refractivity contribution in [1.82, 2.24) is 5.32 Å². The van der Waals surface area contributed by atoms with Crippen molar-refractivity contribution in [3.63, 3.8) is 0 Å². The Morgan fingerprint density at radius 1 is 1.33 bits per heavy atom. The zero-order chi connectivity index (χ0) is 21.4. The Hall–Kier alpha value is -2.20. The minimum Gasteiger partial charge on any atom is -0.489 e. The predicted molar refractivity (Wildman–Crippen MR) is 117 cm³/mol. The SMILES string of the molecule is NS(=O)(=O)c1cc(CCNC(=O)/C=C/c2cccs2)ccc1OCC1CCCCO1. The molecule has 0 spiro atoms. The first-order chi connectivity index (χ1) is 14.4. The van der Waals surface area contributed by atoms with E-state index < -0.39 is 10.0 Å². The molecule has 1 atom stereocenters. The van der Waals surface area contributed by atoms with Crippen molar-refractivity contribution in [1.29, 1.82) is 0 Å². The first-order valence-corrected chi connectivity index (χ1v) is 12.2. The van der Waals surface area contributed by atoms with Gasteiger partial charge in [-0.3, -0.25) is 4.79 Å². The minimum absolute atomic E-state index is 0.0378. The Morgan fingerprint density at radius 3 is 2.90 bits per heavy atom. The van der Waals surface area contributed by atoms with Gasteiger partial charge < -0.3 is 14.8 Å². The van der Waals surface area contributed by atoms with E-state index in [1.165, 1.54) is 12.1 Å². The van der Waals surface area contributed by atoms with Crippen LogP contribution in [0.4, 0.5) is 0 Å². The Labute approximate surface area is 180 Å². The fraction of sp³-hybridized carbons (Fsp3) is 0.381. The Balaban J connectivity index is 1.56. The highest BCUT2D eigenvalue weighted by atomic mass is 32.2. The topological polar surface area (TPSA) is 108 Å². The first kappa shape index (κ1) is 22.5. The quantitative estimate of drug-likeness (QED) is 0.571. The van der Waals surface area contributed by atoms with Gasteiger partial charge in [-0.25, -0.2) is 13.6 Å². The molecule has 3 N–H and O–H groups in total. The standard InChI is InChI=1S/C21H26N2O5S2/c22-30(25,26)20-14-16(6-8-19(20)28-15-17-4-1-2-12-27-17)10-11-23-21(24)9-7-18-5-3-13-29-18/h3,5-9,13-14,17H,1-2,4,10-12,15H2,(H,23,24)(H2,22,25,26)/b9-7+. The smallest absolute Gasteiger partial charge is 0.244 e. The molecule has 7 nitrogen and oxygen atoms in total. The second-order valence-corrected chi connectivity index (χ2v) is 9.52. The van der Waals surface area contributed by atoms with Crippen LogP contribution in [0.2, 0.25) is 0 Å². The van der Waals surface area contributed by atoms with Crippen LogP contribution in [0.5, 0.6) is 5.75 Å². The maximum atomic E-state index is 12.0. The number of thiophene rings is 1. The van der Waals surface area contributed by atoms with E-state index in [1.54, 1.807) is 29.5 Å². The molecule has 1 amide bonds. The minimum atomic E-state index is -3.95. The third-order valence-electron chi connectivity index (χ3n) is 4.67. The zero-order valence-electron chi connectivity index (χ0n) is 16.6. The molecule has 30 heavy (non-hydrogen) atoms. The normalized spacial score (nSPS) is 17.2. The number of amides is 1. The molecule has 1 aromatic carbocycles. The monoisotopic (exact) mass is 450 g/mol. The molecular weight excluding hydrogens is 424 g/mol. The molecule has 3 rings (SSSR count). The van der Waals surface area contributed by atoms with Crippen molar-refractivity contribution in [3.05, 3.63) is 52.2 Å². The fourth-order valence-corrected chi connectivity index (χ4v) is 4.45. The molecular formula is C21H26N2O5S2. The van der Waals surface area contributed by atoms with Gasteiger partial charge >= 0.3 is 0 Å². The summed E-state index contributed by atoms with van der Waals surface area (Å²) in [7, 11) is -3.95. The van der Waals surface area contributed by atoms with Gasteiger partial charge in [0.25, 0.3) is 0 Å². The van der Waals surface area contributed by atoms with Gasteiger partial charge in [-0.15, -0.1) is 11.3 Å². The molecule has 1 fully saturated rings. The van der Waals surface area contributed by atoms with Crippen molar-refractivity contribution in [2.24, 2.45) is 5.14 Å². The van der Waals surface area contributed by atoms with Gasteiger partial charge in [0.2, 0.25) is 15.9 Å². The summed E-state index contributed by atoms with van der Waals surface area (Å²) in [5.74, 6) is 0.0147. The van der Waals surface area contributed by atoms with Crippen molar-refractivity contribution in [2.75, 3.05) is 19.8 Å². The van der Waals surface area contributed by atoms with E-state index in [9.17, 15) is 13.2 Å². The van der Waals surface area contributed by atoms with E-state index in [0.717, 1.165) is 29.7 Å². The lowest BCUT2D eigenvalue weighted by Gasteiger charge is -2.23. The van der Waals surface area contributed by atoms with Crippen LogP contribution in [0.3, 0.4) is 0 Å². The van der Waals surface area contributed by atoms with Crippen molar-refractivity contribution in [3.8, 4) is 5.75 Å². The molecule has 0 radical (unpaired) electrons. The summed E-state index contributed by atoms with van der Waals surface area (Å²) in [6.45, 7) is 1.35. The number of primary sulfonamides is 1. The summed E-state index contributed by atoms with van der Waals surface area (Å²) >= 11 is 1.55. The molecule has 0 aliphatic carbocycles. The Bertz CT molecular complexity index is 965. The summed E-state index contributed by atoms with van der Waals surface area (Å²) in [5.41, 5.74) is 0.739. The lowest BCUT2D eigenvalue weighted by molar-refractivity contribution is -0.116. The second kappa shape index (κ2) is 10.7. The highest BCUT2D eigenvalue weighted by Gasteiger charge is 2.19. The van der Waals surface area contributed by atoms with Crippen molar-refractivity contribution < 1.29 is 22.7 Å². The average molecular weight is 451 g/mol. The number of nitrogens with one attached hydrogen (secondary N) is 1. The summed E-state index contributed by atoms with van der Waals surface area (Å²) in [5, 5.41) is 10.1. The van der Waals surface area contributed by atoms with Crippen molar-refractivity contribution in [2.45, 2.75) is 36.7 Å². The lowest BCUT2D eigenvalue weighted by atomic mass is 10.1. The van der Waals surface area contributed by atoms with Gasteiger partial charge in [-0.05, 0) is 60.9 Å². The molecule has 1 unspecified atom stereocenters. The van der Waals surface area contributed by atoms with Crippen LogP contribution in [0, 0.1) is 0 Å². The van der Waals surface area contributed by atoms with Crippen molar-refractivity contribution >= 4 is 33.3 Å². The molecule has 9 heteroatoms. The molecule has 2 aromatic rings. The number of nitrogens with two attached hydrogens (primary N) is 1. The molecule has 1 aromatic heterocycles. The highest BCUT2D eigenvalue weighted by Crippen LogP contribution is 2.25. The number of carbonyl (C=O) groups excluding carboxylic acids is 1. The number of hydrogen-bond donors (Lipinski definition) is 2. The van der Waals surface area contributed by atoms with E-state index in [0.29, 0.717) is 19.6 Å². The number of ether oxygens (including phenoxy) is 2. The number of hydrogen-bond acceptors (Lipinski definition) is 6. The van der Waals surface area contributed by atoms with Gasteiger partial charge in [-0.2, -0.15) is 0 Å². The van der Waals surface area contributed by atoms with E-state index in [4.69, 9.17) is 14.6 Å². The third-order valence-corrected chi connectivity index (χ3v) is 6.44. The molecule has 1 aliphatic rings. The number of rotatable bonds is 9. The summed E-state index contributed by atoms with van der Waals surface area (Å²) < 4.78 is 35.4. The number of carbonyl (C=O) groups is 1. The summed E-state index contributed by atoms with van der Waals surface area (Å²) in [4.78, 5) is 12.8. The molecule has 1 aliphatic heterocycles. The van der Waals surface area contributed by atoms with Crippen LogP contribution in [0.15, 0.2) is 46.7 Å². The summed E-state index contributed by atoms with van der Waals surface area (Å²) in [6.07, 6.45) is 6.66. The molecule has 0 saturated carbocycles. The van der Waals surface area contributed by atoms with Crippen LogP contribution in [-0.4, -0.2) is 40.2 Å². The lowest BCUT2D eigenvalue weighted by Crippen LogP contribution is -2.26. The first-order valence-electron chi connectivity index (χ1n) is 9.81. The maximum absolute atomic E-state index is 12.0. The van der Waals surface area contributed by atoms with Crippen LogP contribution >= 0.6 is 11.3 Å². The largest absolute Gasteiger partial charge is 0.489 e. The van der Waals surface area contributed by atoms with Gasteiger partial charge in [-0.1, -0.05) is 12.1 Å². The summed E-state index contributed by atoms with van der Waals surface area (Å²) in [6, 6.07) is 8.73. The van der Waals surface area contributed by atoms with Gasteiger partial charge in [0, 0.05) is 24.1 Å². The zero-order valence-corrected chi connectivity index (χ0v) is 18.2. The molecule has 0 bridgehead atoms. The van der Waals surface area contributed by atoms with E-state index in [1.807, 2.05) is 17.5 Å². The van der Waals surface area contributed by atoms with Crippen LogP contribution in [0.25, 0.3) is 6.08 Å². The van der Waals surface area contributed by atoms with E-state index in [-0.39, 0.29) is 29.3 Å². The second-order valence-electron chi connectivity index (χ2n) is 7.02. The maximum Gasteiger partial charge on any atom is 0.244 e.